The molecule has 22 heavy (non-hydrogen) atoms. The van der Waals surface area contributed by atoms with Gasteiger partial charge in [0.25, 0.3) is 0 Å². The Kier molecular flexibility index (Phi) is 5.42. The van der Waals surface area contributed by atoms with E-state index in [4.69, 9.17) is 9.84 Å². The van der Waals surface area contributed by atoms with E-state index in [2.05, 4.69) is 6.92 Å². The van der Waals surface area contributed by atoms with Crippen molar-refractivity contribution in [3.63, 3.8) is 0 Å². The van der Waals surface area contributed by atoms with E-state index in [0.29, 0.717) is 18.6 Å². The Morgan fingerprint density at radius 3 is 2.82 bits per heavy atom. The van der Waals surface area contributed by atoms with Gasteiger partial charge < -0.3 is 20.1 Å². The molecule has 1 aliphatic heterocycles. The molecule has 0 amide bonds. The Morgan fingerprint density at radius 2 is 2.14 bits per heavy atom. The van der Waals surface area contributed by atoms with E-state index in [1.54, 1.807) is 0 Å². The van der Waals surface area contributed by atoms with Crippen molar-refractivity contribution in [1.82, 2.24) is 0 Å². The lowest BCUT2D eigenvalue weighted by Gasteiger charge is -2.30. The standard InChI is InChI=1S/C17H24O5/c1-2-4-12(5-3-6-16(18)19)14-8-7-13-9-10-17(20,21)22-15(13)11-14/h7-8,11-12,20-21H,2-6,9-10H2,1H3,(H,18,19). The average molecular weight is 308 g/mol. The smallest absolute Gasteiger partial charge is 0.322 e. The van der Waals surface area contributed by atoms with Gasteiger partial charge in [0.15, 0.2) is 0 Å². The van der Waals surface area contributed by atoms with Crippen LogP contribution >= 0.6 is 0 Å². The summed E-state index contributed by atoms with van der Waals surface area (Å²) in [5.41, 5.74) is 2.05. The van der Waals surface area contributed by atoms with Crippen LogP contribution in [0.25, 0.3) is 0 Å². The van der Waals surface area contributed by atoms with Gasteiger partial charge in [-0.05, 0) is 48.8 Å². The van der Waals surface area contributed by atoms with Gasteiger partial charge in [0.1, 0.15) is 5.75 Å². The molecule has 0 saturated carbocycles. The quantitative estimate of drug-likeness (QED) is 0.674. The third-order valence-electron chi connectivity index (χ3n) is 4.14. The molecule has 5 heteroatoms. The van der Waals surface area contributed by atoms with Crippen molar-refractivity contribution in [2.24, 2.45) is 0 Å². The molecule has 122 valence electrons. The summed E-state index contributed by atoms with van der Waals surface area (Å²) in [6.45, 7) is 2.10. The lowest BCUT2D eigenvalue weighted by atomic mass is 9.88. The van der Waals surface area contributed by atoms with Crippen molar-refractivity contribution < 1.29 is 24.9 Å². The SMILES string of the molecule is CCCC(CCCC(=O)O)c1ccc2c(c1)OC(O)(O)CC2. The number of aryl methyl sites for hydroxylation is 1. The Hall–Kier alpha value is -1.59. The van der Waals surface area contributed by atoms with Gasteiger partial charge in [0, 0.05) is 12.8 Å². The van der Waals surface area contributed by atoms with E-state index in [9.17, 15) is 15.0 Å². The maximum Gasteiger partial charge on any atom is 0.322 e. The van der Waals surface area contributed by atoms with E-state index >= 15 is 0 Å². The predicted octanol–water partition coefficient (Wildman–Crippen LogP) is 2.79. The second-order valence-electron chi connectivity index (χ2n) is 5.98. The Bertz CT molecular complexity index is 524. The van der Waals surface area contributed by atoms with Crippen LogP contribution in [0.2, 0.25) is 0 Å². The Balaban J connectivity index is 2.12. The molecule has 0 fully saturated rings. The van der Waals surface area contributed by atoms with E-state index in [-0.39, 0.29) is 18.8 Å². The Labute approximate surface area is 130 Å². The van der Waals surface area contributed by atoms with E-state index < -0.39 is 11.9 Å². The van der Waals surface area contributed by atoms with Crippen LogP contribution in [-0.2, 0) is 11.2 Å². The number of benzene rings is 1. The molecule has 2 rings (SSSR count). The summed E-state index contributed by atoms with van der Waals surface area (Å²) < 4.78 is 5.25. The highest BCUT2D eigenvalue weighted by molar-refractivity contribution is 5.66. The number of carboxylic acid groups (broad SMARTS) is 1. The van der Waals surface area contributed by atoms with Crippen molar-refractivity contribution in [2.45, 2.75) is 63.8 Å². The first-order chi connectivity index (χ1) is 10.4. The highest BCUT2D eigenvalue weighted by Crippen LogP contribution is 2.35. The molecular weight excluding hydrogens is 284 g/mol. The van der Waals surface area contributed by atoms with E-state index in [1.807, 2.05) is 18.2 Å². The normalized spacial score (nSPS) is 17.4. The van der Waals surface area contributed by atoms with Crippen molar-refractivity contribution >= 4 is 5.97 Å². The zero-order chi connectivity index (χ0) is 16.2. The fourth-order valence-corrected chi connectivity index (χ4v) is 2.98. The van der Waals surface area contributed by atoms with Gasteiger partial charge in [0.2, 0.25) is 0 Å². The molecule has 5 nitrogen and oxygen atoms in total. The highest BCUT2D eigenvalue weighted by atomic mass is 16.8. The number of hydrogen-bond acceptors (Lipinski definition) is 4. The summed E-state index contributed by atoms with van der Waals surface area (Å²) in [6, 6.07) is 5.89. The van der Waals surface area contributed by atoms with Crippen LogP contribution in [0.4, 0.5) is 0 Å². The second-order valence-corrected chi connectivity index (χ2v) is 5.98. The molecule has 1 aromatic rings. The minimum atomic E-state index is -2.09. The van der Waals surface area contributed by atoms with Crippen molar-refractivity contribution in [1.29, 1.82) is 0 Å². The topological polar surface area (TPSA) is 87.0 Å². The molecule has 0 saturated heterocycles. The summed E-state index contributed by atoms with van der Waals surface area (Å²) in [7, 11) is 0. The van der Waals surface area contributed by atoms with Crippen molar-refractivity contribution in [3.8, 4) is 5.75 Å². The van der Waals surface area contributed by atoms with Gasteiger partial charge in [-0.3, -0.25) is 4.79 Å². The molecular formula is C17H24O5. The fourth-order valence-electron chi connectivity index (χ4n) is 2.98. The van der Waals surface area contributed by atoms with Crippen molar-refractivity contribution in [3.05, 3.63) is 29.3 Å². The number of aliphatic hydroxyl groups is 2. The monoisotopic (exact) mass is 308 g/mol. The van der Waals surface area contributed by atoms with Crippen LogP contribution in [0, 0.1) is 0 Å². The summed E-state index contributed by atoms with van der Waals surface area (Å²) in [4.78, 5) is 10.7. The zero-order valence-electron chi connectivity index (χ0n) is 12.9. The van der Waals surface area contributed by atoms with Crippen LogP contribution in [0.15, 0.2) is 18.2 Å². The molecule has 1 heterocycles. The Morgan fingerprint density at radius 1 is 1.36 bits per heavy atom. The molecule has 0 aromatic heterocycles. The number of carboxylic acids is 1. The van der Waals surface area contributed by atoms with Crippen LogP contribution < -0.4 is 4.74 Å². The van der Waals surface area contributed by atoms with Crippen LogP contribution in [0.1, 0.15) is 62.5 Å². The lowest BCUT2D eigenvalue weighted by Crippen LogP contribution is -2.38. The second kappa shape index (κ2) is 7.11. The van der Waals surface area contributed by atoms with Gasteiger partial charge in [-0.1, -0.05) is 25.5 Å². The van der Waals surface area contributed by atoms with Gasteiger partial charge in [0.05, 0.1) is 0 Å². The molecule has 0 aliphatic carbocycles. The molecule has 0 spiro atoms. The zero-order valence-corrected chi connectivity index (χ0v) is 12.9. The summed E-state index contributed by atoms with van der Waals surface area (Å²) in [5, 5.41) is 28.0. The molecule has 1 atom stereocenters. The predicted molar refractivity (Wildman–Crippen MR) is 81.7 cm³/mol. The van der Waals surface area contributed by atoms with Crippen molar-refractivity contribution in [2.75, 3.05) is 0 Å². The minimum absolute atomic E-state index is 0.163. The molecule has 0 radical (unpaired) electrons. The number of ether oxygens (including phenoxy) is 1. The van der Waals surface area contributed by atoms with E-state index in [0.717, 1.165) is 30.4 Å². The van der Waals surface area contributed by atoms with Gasteiger partial charge in [-0.2, -0.15) is 0 Å². The molecule has 1 aliphatic rings. The number of aliphatic carboxylic acids is 1. The summed E-state index contributed by atoms with van der Waals surface area (Å²) in [6.07, 6.45) is 4.35. The largest absolute Gasteiger partial charge is 0.481 e. The number of hydrogen-bond donors (Lipinski definition) is 3. The molecule has 1 unspecified atom stereocenters. The van der Waals surface area contributed by atoms with Crippen LogP contribution in [0.5, 0.6) is 5.75 Å². The first kappa shape index (κ1) is 16.8. The fraction of sp³-hybridized carbons (Fsp3) is 0.588. The van der Waals surface area contributed by atoms with Crippen LogP contribution in [0.3, 0.4) is 0 Å². The summed E-state index contributed by atoms with van der Waals surface area (Å²) in [5.74, 6) is -2.07. The van der Waals surface area contributed by atoms with E-state index in [1.165, 1.54) is 0 Å². The van der Waals surface area contributed by atoms with Crippen LogP contribution in [-0.4, -0.2) is 27.3 Å². The maximum atomic E-state index is 10.7. The molecule has 0 bridgehead atoms. The third kappa shape index (κ3) is 4.45. The van der Waals surface area contributed by atoms with Gasteiger partial charge in [-0.15, -0.1) is 0 Å². The highest BCUT2D eigenvalue weighted by Gasteiger charge is 2.31. The van der Waals surface area contributed by atoms with Gasteiger partial charge in [-0.25, -0.2) is 0 Å². The molecule has 3 N–H and O–H groups in total. The number of carbonyl (C=O) groups is 1. The van der Waals surface area contributed by atoms with Gasteiger partial charge >= 0.3 is 11.9 Å². The maximum absolute atomic E-state index is 10.7. The minimum Gasteiger partial charge on any atom is -0.481 e. The third-order valence-corrected chi connectivity index (χ3v) is 4.14. The first-order valence-corrected chi connectivity index (χ1v) is 7.89. The summed E-state index contributed by atoms with van der Waals surface area (Å²) >= 11 is 0. The molecule has 1 aromatic carbocycles. The number of rotatable bonds is 7. The first-order valence-electron chi connectivity index (χ1n) is 7.89. The lowest BCUT2D eigenvalue weighted by molar-refractivity contribution is -0.299. The average Bonchev–Trinajstić information content (AvgIpc) is 2.44. The number of fused-ring (bicyclic) bond motifs is 1.